The second-order valence-electron chi connectivity index (χ2n) is 6.60. The van der Waals surface area contributed by atoms with Crippen molar-refractivity contribution in [3.8, 4) is 5.75 Å². The summed E-state index contributed by atoms with van der Waals surface area (Å²) < 4.78 is 28.0. The SMILES string of the molecule is CCCCC1CN(c2ccccc2)c2nc(SC)c(O)cc2S(=O)(=O)N1C. The van der Waals surface area contributed by atoms with Gasteiger partial charge in [-0.2, -0.15) is 4.31 Å². The summed E-state index contributed by atoms with van der Waals surface area (Å²) in [6.45, 7) is 2.61. The van der Waals surface area contributed by atoms with Crippen LogP contribution >= 0.6 is 11.8 Å². The second-order valence-corrected chi connectivity index (χ2v) is 9.36. The number of unbranched alkanes of at least 4 members (excludes halogenated alkanes) is 1. The maximum absolute atomic E-state index is 13.3. The van der Waals surface area contributed by atoms with E-state index in [0.29, 0.717) is 17.4 Å². The van der Waals surface area contributed by atoms with Gasteiger partial charge in [-0.3, -0.25) is 0 Å². The summed E-state index contributed by atoms with van der Waals surface area (Å²) in [5, 5.41) is 10.7. The first-order chi connectivity index (χ1) is 12.9. The molecule has 0 spiro atoms. The predicted octanol–water partition coefficient (Wildman–Crippen LogP) is 3.84. The lowest BCUT2D eigenvalue weighted by atomic mass is 10.1. The first-order valence-corrected chi connectivity index (χ1v) is 11.6. The van der Waals surface area contributed by atoms with Crippen LogP contribution in [0.5, 0.6) is 5.75 Å². The van der Waals surface area contributed by atoms with Gasteiger partial charge in [0, 0.05) is 31.4 Å². The molecule has 27 heavy (non-hydrogen) atoms. The molecule has 0 amide bonds. The average molecular weight is 408 g/mol. The van der Waals surface area contributed by atoms with E-state index in [9.17, 15) is 13.5 Å². The Hall–Kier alpha value is -1.77. The van der Waals surface area contributed by atoms with Gasteiger partial charge in [-0.1, -0.05) is 38.0 Å². The molecule has 1 aliphatic rings. The monoisotopic (exact) mass is 407 g/mol. The van der Waals surface area contributed by atoms with Gasteiger partial charge in [0.05, 0.1) is 0 Å². The molecular weight excluding hydrogens is 382 g/mol. The molecule has 1 N–H and O–H groups in total. The zero-order valence-corrected chi connectivity index (χ0v) is 17.4. The van der Waals surface area contributed by atoms with Crippen LogP contribution < -0.4 is 4.90 Å². The summed E-state index contributed by atoms with van der Waals surface area (Å²) in [4.78, 5) is 6.53. The van der Waals surface area contributed by atoms with Crippen LogP contribution in [0.2, 0.25) is 0 Å². The summed E-state index contributed by atoms with van der Waals surface area (Å²) >= 11 is 1.29. The lowest BCUT2D eigenvalue weighted by Gasteiger charge is -2.29. The number of hydrogen-bond donors (Lipinski definition) is 1. The van der Waals surface area contributed by atoms with Crippen molar-refractivity contribution >= 4 is 33.3 Å². The predicted molar refractivity (Wildman–Crippen MR) is 109 cm³/mol. The quantitative estimate of drug-likeness (QED) is 0.759. The van der Waals surface area contributed by atoms with Crippen molar-refractivity contribution in [1.29, 1.82) is 0 Å². The number of aromatic nitrogens is 1. The molecule has 6 nitrogen and oxygen atoms in total. The van der Waals surface area contributed by atoms with Crippen molar-refractivity contribution in [2.45, 2.75) is 42.1 Å². The van der Waals surface area contributed by atoms with Crippen molar-refractivity contribution in [2.24, 2.45) is 0 Å². The maximum Gasteiger partial charge on any atom is 0.246 e. The molecule has 8 heteroatoms. The molecule has 1 aromatic heterocycles. The summed E-state index contributed by atoms with van der Waals surface area (Å²) in [5.74, 6) is 0.257. The molecule has 0 saturated heterocycles. The molecule has 1 aromatic carbocycles. The summed E-state index contributed by atoms with van der Waals surface area (Å²) in [6.07, 6.45) is 4.52. The van der Waals surface area contributed by atoms with E-state index in [4.69, 9.17) is 0 Å². The molecule has 0 fully saturated rings. The van der Waals surface area contributed by atoms with Crippen molar-refractivity contribution in [2.75, 3.05) is 24.7 Å². The first kappa shape index (κ1) is 20.0. The molecule has 2 heterocycles. The van der Waals surface area contributed by atoms with Crippen molar-refractivity contribution in [3.63, 3.8) is 0 Å². The minimum absolute atomic E-state index is 0.0446. The van der Waals surface area contributed by atoms with Gasteiger partial charge in [0.25, 0.3) is 0 Å². The molecule has 2 aromatic rings. The molecule has 0 bridgehead atoms. The zero-order valence-electron chi connectivity index (χ0n) is 15.8. The molecule has 146 valence electrons. The van der Waals surface area contributed by atoms with Gasteiger partial charge in [-0.05, 0) is 24.8 Å². The standard InChI is InChI=1S/C19H25N3O3S2/c1-4-5-9-15-13-22(14-10-7-6-8-11-14)18-17(27(24,25)21(15)2)12-16(23)19(20-18)26-3/h6-8,10-12,15,23H,4-5,9,13H2,1-3H3. The molecule has 1 unspecified atom stereocenters. The van der Waals surface area contributed by atoms with E-state index < -0.39 is 10.0 Å². The minimum atomic E-state index is -3.77. The third kappa shape index (κ3) is 3.79. The van der Waals surface area contributed by atoms with E-state index in [-0.39, 0.29) is 16.7 Å². The first-order valence-electron chi connectivity index (χ1n) is 8.98. The highest BCUT2D eigenvalue weighted by atomic mass is 32.2. The van der Waals surface area contributed by atoms with E-state index >= 15 is 0 Å². The van der Waals surface area contributed by atoms with Gasteiger partial charge in [-0.25, -0.2) is 13.4 Å². The Labute approximate surface area is 165 Å². The van der Waals surface area contributed by atoms with E-state index in [1.54, 1.807) is 7.05 Å². The number of thioether (sulfide) groups is 1. The topological polar surface area (TPSA) is 73.7 Å². The number of hydrogen-bond acceptors (Lipinski definition) is 6. The van der Waals surface area contributed by atoms with Crippen molar-refractivity contribution in [3.05, 3.63) is 36.4 Å². The van der Waals surface area contributed by atoms with Gasteiger partial charge in [-0.15, -0.1) is 11.8 Å². The molecule has 0 radical (unpaired) electrons. The Morgan fingerprint density at radius 2 is 2.00 bits per heavy atom. The molecular formula is C19H25N3O3S2. The van der Waals surface area contributed by atoms with Crippen molar-refractivity contribution in [1.82, 2.24) is 9.29 Å². The summed E-state index contributed by atoms with van der Waals surface area (Å²) in [7, 11) is -2.15. The van der Waals surface area contributed by atoms with Gasteiger partial charge in [0.15, 0.2) is 5.82 Å². The number of rotatable bonds is 5. The van der Waals surface area contributed by atoms with Crippen LogP contribution in [0.4, 0.5) is 11.5 Å². The fourth-order valence-electron chi connectivity index (χ4n) is 3.30. The smallest absolute Gasteiger partial charge is 0.246 e. The number of benzene rings is 1. The molecule has 0 aliphatic carbocycles. The normalized spacial score (nSPS) is 19.5. The van der Waals surface area contributed by atoms with E-state index in [0.717, 1.165) is 24.9 Å². The Bertz CT molecular complexity index is 904. The Morgan fingerprint density at radius 1 is 1.30 bits per heavy atom. The van der Waals surface area contributed by atoms with Crippen LogP contribution in [0, 0.1) is 0 Å². The van der Waals surface area contributed by atoms with Crippen LogP contribution in [-0.2, 0) is 10.0 Å². The lowest BCUT2D eigenvalue weighted by molar-refractivity contribution is 0.351. The van der Waals surface area contributed by atoms with E-state index in [1.807, 2.05) is 41.5 Å². The number of sulfonamides is 1. The van der Waals surface area contributed by atoms with E-state index in [1.165, 1.54) is 22.1 Å². The summed E-state index contributed by atoms with van der Waals surface area (Å²) in [5.41, 5.74) is 0.885. The fraction of sp³-hybridized carbons (Fsp3) is 0.421. The molecule has 1 atom stereocenters. The van der Waals surface area contributed by atoms with Crippen LogP contribution in [0.1, 0.15) is 26.2 Å². The summed E-state index contributed by atoms with van der Waals surface area (Å²) in [6, 6.07) is 10.8. The Balaban J connectivity index is 2.23. The Kier molecular flexibility index (Phi) is 5.98. The zero-order chi connectivity index (χ0) is 19.6. The van der Waals surface area contributed by atoms with Gasteiger partial charge in [0.1, 0.15) is 15.7 Å². The number of aromatic hydroxyl groups is 1. The highest BCUT2D eigenvalue weighted by molar-refractivity contribution is 7.98. The average Bonchev–Trinajstić information content (AvgIpc) is 2.75. The molecule has 0 saturated carbocycles. The maximum atomic E-state index is 13.3. The van der Waals surface area contributed by atoms with Crippen LogP contribution in [0.15, 0.2) is 46.3 Å². The van der Waals surface area contributed by atoms with Crippen LogP contribution in [0.25, 0.3) is 0 Å². The number of anilines is 2. The Morgan fingerprint density at radius 3 is 2.63 bits per heavy atom. The third-order valence-electron chi connectivity index (χ3n) is 4.89. The van der Waals surface area contributed by atoms with Gasteiger partial charge >= 0.3 is 0 Å². The molecule has 3 rings (SSSR count). The highest BCUT2D eigenvalue weighted by Gasteiger charge is 2.38. The number of pyridine rings is 1. The fourth-order valence-corrected chi connectivity index (χ4v) is 5.27. The number of likely N-dealkylation sites (N-methyl/N-ethyl adjacent to an activating group) is 1. The second kappa shape index (κ2) is 8.08. The molecule has 1 aliphatic heterocycles. The number of nitrogens with zero attached hydrogens (tertiary/aromatic N) is 3. The number of para-hydroxylation sites is 1. The lowest BCUT2D eigenvalue weighted by Crippen LogP contribution is -2.40. The van der Waals surface area contributed by atoms with Crippen LogP contribution in [0.3, 0.4) is 0 Å². The minimum Gasteiger partial charge on any atom is -0.505 e. The van der Waals surface area contributed by atoms with E-state index in [2.05, 4.69) is 11.9 Å². The van der Waals surface area contributed by atoms with Crippen molar-refractivity contribution < 1.29 is 13.5 Å². The highest BCUT2D eigenvalue weighted by Crippen LogP contribution is 2.40. The van der Waals surface area contributed by atoms with Gasteiger partial charge < -0.3 is 10.0 Å². The van der Waals surface area contributed by atoms with Gasteiger partial charge in [0.2, 0.25) is 10.0 Å². The number of fused-ring (bicyclic) bond motifs is 1. The third-order valence-corrected chi connectivity index (χ3v) is 7.49. The largest absolute Gasteiger partial charge is 0.505 e. The van der Waals surface area contributed by atoms with Crippen LogP contribution in [-0.4, -0.2) is 48.7 Å².